The van der Waals surface area contributed by atoms with E-state index in [0.717, 1.165) is 0 Å². The minimum absolute atomic E-state index is 1.28. The number of alkyl halides is 36. The van der Waals surface area contributed by atoms with Crippen molar-refractivity contribution in [2.24, 2.45) is 5.41 Å². The molecular weight excluding hydrogens is 1080 g/mol. The van der Waals surface area contributed by atoms with Crippen molar-refractivity contribution in [3.8, 4) is 0 Å². The Labute approximate surface area is 341 Å². The monoisotopic (exact) mass is 1100 g/mol. The second kappa shape index (κ2) is 17.8. The van der Waals surface area contributed by atoms with Crippen LogP contribution in [0, 0.1) is 5.41 Å². The molecule has 392 valence electrons. The Morgan fingerprint density at radius 3 is 0.615 bits per heavy atom. The standard InChI is InChI=1S/C25H16F36O2S2/c26-7(1-10(28,29)12(32,33)14(36,37)16(40,41)18(44,45)20(48,49)22(52,53)24(56,57)58)64-5-9(3-62,4-63)6-65-8(27)2-11(30,31)13(34,35)15(38,39)17(42,43)19(46,47)21(50,51)23(54,55)25(59,60)61/h7-8,62-63H,1-6H2. The Balaban J connectivity index is 6.44. The molecular formula is C25H16F36O2S2. The van der Waals surface area contributed by atoms with Gasteiger partial charge in [-0.3, -0.25) is 0 Å². The van der Waals surface area contributed by atoms with Gasteiger partial charge in [-0.2, -0.15) is 149 Å². The maximum atomic E-state index is 14.3. The molecule has 2 N–H and O–H groups in total. The third kappa shape index (κ3) is 9.70. The first kappa shape index (κ1) is 63.1. The molecule has 2 atom stereocenters. The van der Waals surface area contributed by atoms with Gasteiger partial charge in [0.05, 0.1) is 26.1 Å². The first-order valence-corrected chi connectivity index (χ1v) is 17.1. The van der Waals surface area contributed by atoms with E-state index in [-0.39, 0.29) is 0 Å². The molecule has 0 bridgehead atoms. The van der Waals surface area contributed by atoms with E-state index in [1.165, 1.54) is 0 Å². The number of hydrogen-bond acceptors (Lipinski definition) is 4. The summed E-state index contributed by atoms with van der Waals surface area (Å²) in [5, 5.41) is 18.7. The van der Waals surface area contributed by atoms with E-state index in [9.17, 15) is 168 Å². The Bertz CT molecular complexity index is 1480. The summed E-state index contributed by atoms with van der Waals surface area (Å²) in [7, 11) is 0. The van der Waals surface area contributed by atoms with Crippen LogP contribution in [0.2, 0.25) is 0 Å². The zero-order valence-corrected chi connectivity index (χ0v) is 30.8. The van der Waals surface area contributed by atoms with Crippen LogP contribution in [0.15, 0.2) is 0 Å². The average molecular weight is 1100 g/mol. The van der Waals surface area contributed by atoms with Crippen LogP contribution in [0.3, 0.4) is 0 Å². The first-order chi connectivity index (χ1) is 27.8. The molecule has 40 heteroatoms. The highest BCUT2D eigenvalue weighted by Gasteiger charge is 2.97. The molecule has 65 heavy (non-hydrogen) atoms. The van der Waals surface area contributed by atoms with Crippen molar-refractivity contribution in [3.05, 3.63) is 0 Å². The number of halogens is 36. The third-order valence-corrected chi connectivity index (χ3v) is 10.8. The predicted octanol–water partition coefficient (Wildman–Crippen LogP) is 12.8. The third-order valence-electron chi connectivity index (χ3n) is 8.22. The number of rotatable bonds is 24. The Kier molecular flexibility index (Phi) is 17.3. The van der Waals surface area contributed by atoms with E-state index >= 15 is 0 Å². The van der Waals surface area contributed by atoms with Crippen molar-refractivity contribution in [2.75, 3.05) is 24.7 Å². The smallest absolute Gasteiger partial charge is 0.396 e. The highest BCUT2D eigenvalue weighted by Crippen LogP contribution is 2.66. The second-order valence-corrected chi connectivity index (χ2v) is 15.2. The van der Waals surface area contributed by atoms with Gasteiger partial charge in [0.25, 0.3) is 0 Å². The molecule has 0 aliphatic carbocycles. The quantitative estimate of drug-likeness (QED) is 0.0945. The summed E-state index contributed by atoms with van der Waals surface area (Å²) >= 11 is -2.55. The summed E-state index contributed by atoms with van der Waals surface area (Å²) in [4.78, 5) is 0. The minimum atomic E-state index is -9.10. The van der Waals surface area contributed by atoms with Gasteiger partial charge in [-0.1, -0.05) is 0 Å². The van der Waals surface area contributed by atoms with Gasteiger partial charge in [-0.05, 0) is 0 Å². The Morgan fingerprint density at radius 1 is 0.277 bits per heavy atom. The molecule has 2 unspecified atom stereocenters. The summed E-state index contributed by atoms with van der Waals surface area (Å²) in [6, 6.07) is 0. The molecule has 0 rings (SSSR count). The predicted molar refractivity (Wildman–Crippen MR) is 142 cm³/mol. The van der Waals surface area contributed by atoms with Crippen molar-refractivity contribution >= 4 is 23.5 Å². The lowest BCUT2D eigenvalue weighted by Crippen LogP contribution is -2.74. The van der Waals surface area contributed by atoms with Crippen LogP contribution in [0.4, 0.5) is 158 Å². The van der Waals surface area contributed by atoms with Gasteiger partial charge in [-0.15, -0.1) is 23.5 Å². The lowest BCUT2D eigenvalue weighted by Gasteiger charge is -2.43. The van der Waals surface area contributed by atoms with Crippen LogP contribution in [0.25, 0.3) is 0 Å². The summed E-state index contributed by atoms with van der Waals surface area (Å²) in [5.74, 6) is -125. The number of hydrogen-bond donors (Lipinski definition) is 2. The lowest BCUT2D eigenvalue weighted by molar-refractivity contribution is -0.462. The first-order valence-electron chi connectivity index (χ1n) is 15.0. The van der Waals surface area contributed by atoms with Crippen LogP contribution in [-0.2, 0) is 0 Å². The van der Waals surface area contributed by atoms with Gasteiger partial charge in [0, 0.05) is 16.9 Å². The van der Waals surface area contributed by atoms with Gasteiger partial charge in [0.1, 0.15) is 0 Å². The molecule has 0 aromatic rings. The van der Waals surface area contributed by atoms with Gasteiger partial charge < -0.3 is 10.2 Å². The summed E-state index contributed by atoms with van der Waals surface area (Å²) in [6.45, 7) is -4.07. The minimum Gasteiger partial charge on any atom is -0.396 e. The SMILES string of the molecule is OCC(CO)(CSC(F)CC(F)(F)C(F)(F)C(F)(F)C(F)(F)C(F)(F)C(F)(F)C(F)(F)C(F)(F)F)CSC(F)CC(F)(F)C(F)(F)C(F)(F)C(F)(F)C(F)(F)C(F)(F)C(F)(F)C(F)(F)F. The van der Waals surface area contributed by atoms with Crippen LogP contribution < -0.4 is 0 Å². The van der Waals surface area contributed by atoms with Crippen LogP contribution in [-0.4, -0.2) is 141 Å². The molecule has 0 saturated carbocycles. The molecule has 0 spiro atoms. The second-order valence-electron chi connectivity index (χ2n) is 13.0. The number of aliphatic hydroxyl groups is 2. The average Bonchev–Trinajstić information content (AvgIpc) is 3.09. The van der Waals surface area contributed by atoms with Crippen LogP contribution in [0.1, 0.15) is 12.8 Å². The fraction of sp³-hybridized carbons (Fsp3) is 1.00. The van der Waals surface area contributed by atoms with Gasteiger partial charge in [-0.25, -0.2) is 8.78 Å². The van der Waals surface area contributed by atoms with Crippen molar-refractivity contribution in [3.63, 3.8) is 0 Å². The van der Waals surface area contributed by atoms with Gasteiger partial charge >= 0.3 is 95.3 Å². The normalized spacial score (nSPS) is 17.4. The molecule has 0 saturated heterocycles. The van der Waals surface area contributed by atoms with Crippen LogP contribution >= 0.6 is 23.5 Å². The molecule has 0 amide bonds. The highest BCUT2D eigenvalue weighted by atomic mass is 32.2. The van der Waals surface area contributed by atoms with Gasteiger partial charge in [0.2, 0.25) is 0 Å². The van der Waals surface area contributed by atoms with Crippen molar-refractivity contribution in [1.82, 2.24) is 0 Å². The van der Waals surface area contributed by atoms with Gasteiger partial charge in [0.15, 0.2) is 11.0 Å². The summed E-state index contributed by atoms with van der Waals surface area (Å²) in [5.41, 5.74) is -11.6. The molecule has 2 nitrogen and oxygen atoms in total. The molecule has 0 aromatic heterocycles. The number of thioether (sulfide) groups is 2. The van der Waals surface area contributed by atoms with E-state index < -0.39 is 173 Å². The van der Waals surface area contributed by atoms with E-state index in [4.69, 9.17) is 0 Å². The zero-order chi connectivity index (χ0) is 53.3. The van der Waals surface area contributed by atoms with E-state index in [1.807, 2.05) is 0 Å². The van der Waals surface area contributed by atoms with Crippen molar-refractivity contribution in [1.29, 1.82) is 0 Å². The molecule has 0 radical (unpaired) electrons. The zero-order valence-electron chi connectivity index (χ0n) is 29.2. The molecule has 0 aliphatic heterocycles. The fourth-order valence-electron chi connectivity index (χ4n) is 3.98. The van der Waals surface area contributed by atoms with E-state index in [0.29, 0.717) is 0 Å². The van der Waals surface area contributed by atoms with E-state index in [2.05, 4.69) is 0 Å². The lowest BCUT2D eigenvalue weighted by atomic mass is 9.88. The molecule has 0 fully saturated rings. The van der Waals surface area contributed by atoms with E-state index in [1.54, 1.807) is 0 Å². The molecule has 0 heterocycles. The maximum Gasteiger partial charge on any atom is 0.460 e. The largest absolute Gasteiger partial charge is 0.460 e. The summed E-state index contributed by atoms with van der Waals surface area (Å²) in [6.07, 6.45) is -23.9. The van der Waals surface area contributed by atoms with Crippen molar-refractivity contribution in [2.45, 2.75) is 119 Å². The van der Waals surface area contributed by atoms with Crippen molar-refractivity contribution < 1.29 is 168 Å². The topological polar surface area (TPSA) is 40.5 Å². The summed E-state index contributed by atoms with van der Waals surface area (Å²) < 4.78 is 485. The molecule has 0 aliphatic rings. The Hall–Kier alpha value is -1.90. The maximum absolute atomic E-state index is 14.3. The molecule has 0 aromatic carbocycles. The van der Waals surface area contributed by atoms with Crippen LogP contribution in [0.5, 0.6) is 0 Å². The highest BCUT2D eigenvalue weighted by molar-refractivity contribution is 8.00. The fourth-order valence-corrected chi connectivity index (χ4v) is 6.40. The number of aliphatic hydroxyl groups excluding tert-OH is 2. The Morgan fingerprint density at radius 2 is 0.446 bits per heavy atom.